The second-order valence-corrected chi connectivity index (χ2v) is 8.70. The van der Waals surface area contributed by atoms with Gasteiger partial charge in [0.1, 0.15) is 0 Å². The average molecular weight is 368 g/mol. The Morgan fingerprint density at radius 2 is 1.96 bits per heavy atom. The molecule has 0 spiro atoms. The molecular weight excluding hydrogens is 346 g/mol. The molecule has 2 aliphatic rings. The van der Waals surface area contributed by atoms with Crippen molar-refractivity contribution in [3.05, 3.63) is 42.1 Å². The van der Waals surface area contributed by atoms with Crippen LogP contribution in [0.5, 0.6) is 0 Å². The Balaban J connectivity index is 0.00000169. The van der Waals surface area contributed by atoms with Crippen molar-refractivity contribution in [2.75, 3.05) is 13.1 Å². The Kier molecular flexibility index (Phi) is 4.84. The highest BCUT2D eigenvalue weighted by Gasteiger charge is 2.44. The van der Waals surface area contributed by atoms with Gasteiger partial charge in [-0.1, -0.05) is 24.3 Å². The SMILES string of the molecule is Cl.NC1CCC2CN(S(=O)(=O)Cc3cccc4cccnc34)CC12. The van der Waals surface area contributed by atoms with Gasteiger partial charge in [-0.05, 0) is 36.3 Å². The molecule has 2 fully saturated rings. The Morgan fingerprint density at radius 1 is 1.17 bits per heavy atom. The lowest BCUT2D eigenvalue weighted by Crippen LogP contribution is -2.34. The minimum absolute atomic E-state index is 0. The highest BCUT2D eigenvalue weighted by molar-refractivity contribution is 7.88. The number of nitrogens with two attached hydrogens (primary N) is 1. The van der Waals surface area contributed by atoms with E-state index in [1.54, 1.807) is 10.5 Å². The lowest BCUT2D eigenvalue weighted by atomic mass is 9.98. The highest BCUT2D eigenvalue weighted by atomic mass is 35.5. The zero-order chi connectivity index (χ0) is 16.0. The molecule has 2 heterocycles. The third-order valence-electron chi connectivity index (χ3n) is 5.33. The summed E-state index contributed by atoms with van der Waals surface area (Å²) in [7, 11) is -3.33. The van der Waals surface area contributed by atoms with Crippen LogP contribution >= 0.6 is 12.4 Å². The Labute approximate surface area is 148 Å². The van der Waals surface area contributed by atoms with Crippen molar-refractivity contribution in [2.45, 2.75) is 24.6 Å². The van der Waals surface area contributed by atoms with E-state index in [1.165, 1.54) is 0 Å². The second kappa shape index (κ2) is 6.59. The first kappa shape index (κ1) is 17.6. The molecule has 1 aromatic heterocycles. The maximum Gasteiger partial charge on any atom is 0.218 e. The van der Waals surface area contributed by atoms with E-state index in [2.05, 4.69) is 4.98 Å². The lowest BCUT2D eigenvalue weighted by molar-refractivity contribution is 0.426. The molecular formula is C17H22ClN3O2S. The molecule has 1 saturated heterocycles. The first-order valence-corrected chi connectivity index (χ1v) is 9.71. The molecule has 1 aliphatic heterocycles. The maximum atomic E-state index is 12.8. The van der Waals surface area contributed by atoms with Crippen LogP contribution in [-0.4, -0.2) is 36.8 Å². The highest BCUT2D eigenvalue weighted by Crippen LogP contribution is 2.38. The Hall–Kier alpha value is -1.21. The van der Waals surface area contributed by atoms with Crippen LogP contribution in [0.3, 0.4) is 0 Å². The molecule has 2 aromatic rings. The number of nitrogens with zero attached hydrogens (tertiary/aromatic N) is 2. The molecule has 0 bridgehead atoms. The summed E-state index contributed by atoms with van der Waals surface area (Å²) >= 11 is 0. The van der Waals surface area contributed by atoms with E-state index >= 15 is 0 Å². The fourth-order valence-electron chi connectivity index (χ4n) is 4.07. The van der Waals surface area contributed by atoms with Crippen LogP contribution in [0.1, 0.15) is 18.4 Å². The summed E-state index contributed by atoms with van der Waals surface area (Å²) in [6, 6.07) is 9.68. The fourth-order valence-corrected chi connectivity index (χ4v) is 5.69. The molecule has 4 rings (SSSR count). The normalized spacial score (nSPS) is 27.1. The minimum Gasteiger partial charge on any atom is -0.327 e. The number of pyridine rings is 1. The number of fused-ring (bicyclic) bond motifs is 2. The van der Waals surface area contributed by atoms with E-state index in [-0.39, 0.29) is 24.2 Å². The van der Waals surface area contributed by atoms with Gasteiger partial charge in [-0.2, -0.15) is 0 Å². The number of hydrogen-bond donors (Lipinski definition) is 1. The number of rotatable bonds is 3. The molecule has 1 aromatic carbocycles. The van der Waals surface area contributed by atoms with Gasteiger partial charge in [0.15, 0.2) is 0 Å². The van der Waals surface area contributed by atoms with Crippen molar-refractivity contribution in [3.8, 4) is 0 Å². The Bertz CT molecular complexity index is 837. The monoisotopic (exact) mass is 367 g/mol. The molecule has 24 heavy (non-hydrogen) atoms. The van der Waals surface area contributed by atoms with Gasteiger partial charge in [-0.3, -0.25) is 4.98 Å². The third-order valence-corrected chi connectivity index (χ3v) is 7.09. The van der Waals surface area contributed by atoms with E-state index in [4.69, 9.17) is 5.73 Å². The van der Waals surface area contributed by atoms with Crippen LogP contribution in [-0.2, 0) is 15.8 Å². The zero-order valence-electron chi connectivity index (χ0n) is 13.3. The molecule has 2 N–H and O–H groups in total. The van der Waals surface area contributed by atoms with Crippen molar-refractivity contribution >= 4 is 33.3 Å². The van der Waals surface area contributed by atoms with Crippen LogP contribution < -0.4 is 5.73 Å². The third kappa shape index (κ3) is 3.04. The molecule has 1 aliphatic carbocycles. The van der Waals surface area contributed by atoms with Crippen LogP contribution in [0.4, 0.5) is 0 Å². The van der Waals surface area contributed by atoms with E-state index in [0.717, 1.165) is 29.3 Å². The second-order valence-electron chi connectivity index (χ2n) is 6.73. The van der Waals surface area contributed by atoms with Crippen molar-refractivity contribution in [1.82, 2.24) is 9.29 Å². The summed E-state index contributed by atoms with van der Waals surface area (Å²) in [5.41, 5.74) is 7.66. The molecule has 3 atom stereocenters. The maximum absolute atomic E-state index is 12.8. The van der Waals surface area contributed by atoms with Gasteiger partial charge in [0.05, 0.1) is 11.3 Å². The van der Waals surface area contributed by atoms with Crippen LogP contribution in [0.25, 0.3) is 10.9 Å². The van der Waals surface area contributed by atoms with Crippen molar-refractivity contribution in [2.24, 2.45) is 17.6 Å². The van der Waals surface area contributed by atoms with Gasteiger partial charge in [0.25, 0.3) is 0 Å². The fraction of sp³-hybridized carbons (Fsp3) is 0.471. The molecule has 1 saturated carbocycles. The van der Waals surface area contributed by atoms with Gasteiger partial charge in [0, 0.05) is 30.7 Å². The predicted octanol–water partition coefficient (Wildman–Crippen LogP) is 2.16. The first-order valence-electron chi connectivity index (χ1n) is 8.10. The number of hydrogen-bond acceptors (Lipinski definition) is 4. The van der Waals surface area contributed by atoms with Crippen LogP contribution in [0, 0.1) is 11.8 Å². The molecule has 0 amide bonds. The quantitative estimate of drug-likeness (QED) is 0.901. The van der Waals surface area contributed by atoms with Crippen molar-refractivity contribution < 1.29 is 8.42 Å². The summed E-state index contributed by atoms with van der Waals surface area (Å²) in [5, 5.41) is 0.973. The molecule has 5 nitrogen and oxygen atoms in total. The molecule has 0 radical (unpaired) electrons. The van der Waals surface area contributed by atoms with E-state index in [9.17, 15) is 8.42 Å². The largest absolute Gasteiger partial charge is 0.327 e. The predicted molar refractivity (Wildman–Crippen MR) is 97.4 cm³/mol. The zero-order valence-corrected chi connectivity index (χ0v) is 15.0. The number of aromatic nitrogens is 1. The van der Waals surface area contributed by atoms with Gasteiger partial charge in [-0.15, -0.1) is 12.4 Å². The van der Waals surface area contributed by atoms with E-state index in [0.29, 0.717) is 24.9 Å². The van der Waals surface area contributed by atoms with E-state index in [1.807, 2.05) is 30.3 Å². The number of para-hydroxylation sites is 1. The topological polar surface area (TPSA) is 76.3 Å². The molecule has 7 heteroatoms. The van der Waals surface area contributed by atoms with Crippen molar-refractivity contribution in [3.63, 3.8) is 0 Å². The summed E-state index contributed by atoms with van der Waals surface area (Å²) in [6.45, 7) is 1.20. The van der Waals surface area contributed by atoms with Gasteiger partial charge in [0.2, 0.25) is 10.0 Å². The number of sulfonamides is 1. The summed E-state index contributed by atoms with van der Waals surface area (Å²) < 4.78 is 27.3. The number of benzene rings is 1. The number of halogens is 1. The van der Waals surface area contributed by atoms with Gasteiger partial charge in [-0.25, -0.2) is 12.7 Å². The Morgan fingerprint density at radius 3 is 2.75 bits per heavy atom. The van der Waals surface area contributed by atoms with Crippen molar-refractivity contribution in [1.29, 1.82) is 0 Å². The van der Waals surface area contributed by atoms with Crippen LogP contribution in [0.2, 0.25) is 0 Å². The molecule has 3 unspecified atom stereocenters. The summed E-state index contributed by atoms with van der Waals surface area (Å²) in [6.07, 6.45) is 3.78. The smallest absolute Gasteiger partial charge is 0.218 e. The average Bonchev–Trinajstić information content (AvgIpc) is 3.11. The summed E-state index contributed by atoms with van der Waals surface area (Å²) in [4.78, 5) is 4.36. The minimum atomic E-state index is -3.33. The van der Waals surface area contributed by atoms with Gasteiger partial charge >= 0.3 is 0 Å². The van der Waals surface area contributed by atoms with Crippen LogP contribution in [0.15, 0.2) is 36.5 Å². The standard InChI is InChI=1S/C17H21N3O2S.ClH/c18-16-7-6-13-9-20(10-15(13)16)23(21,22)11-14-4-1-3-12-5-2-8-19-17(12)14;/h1-5,8,13,15-16H,6-7,9-11,18H2;1H. The lowest BCUT2D eigenvalue weighted by Gasteiger charge is -2.19. The summed E-state index contributed by atoms with van der Waals surface area (Å²) in [5.74, 6) is 0.775. The molecule has 130 valence electrons. The first-order chi connectivity index (χ1) is 11.0. The van der Waals surface area contributed by atoms with Gasteiger partial charge < -0.3 is 5.73 Å². The van der Waals surface area contributed by atoms with E-state index < -0.39 is 10.0 Å².